The summed E-state index contributed by atoms with van der Waals surface area (Å²) in [6.07, 6.45) is 0. The Morgan fingerprint density at radius 2 is 1.17 bits per heavy atom. The van der Waals surface area contributed by atoms with Crippen molar-refractivity contribution in [2.24, 2.45) is 5.84 Å². The van der Waals surface area contributed by atoms with E-state index in [1.807, 2.05) is 21.1 Å². The molecule has 0 fully saturated rings. The van der Waals surface area contributed by atoms with Crippen LogP contribution in [0.5, 0.6) is 0 Å². The number of nitrogens with two attached hydrogens (primary N) is 1. The molecule has 0 saturated heterocycles. The van der Waals surface area contributed by atoms with E-state index in [0.29, 0.717) is 4.59 Å². The Bertz CT molecular complexity index is 24.3. The molecule has 6 heavy (non-hydrogen) atoms. The van der Waals surface area contributed by atoms with E-state index in [9.17, 15) is 0 Å². The molecular weight excluding hydrogens is 80.0 g/mol. The monoisotopic (exact) mass is 92.1 g/mol. The minimum absolute atomic E-state index is 0. The molecule has 0 saturated carbocycles. The van der Waals surface area contributed by atoms with Crippen LogP contribution < -0.4 is 5.84 Å². The summed E-state index contributed by atoms with van der Waals surface area (Å²) in [5.41, 5.74) is 0. The fraction of sp³-hybridized carbons (Fsp3) is 1.00. The Hall–Kier alpha value is -0.120. The van der Waals surface area contributed by atoms with Gasteiger partial charge in [0.05, 0.1) is 21.1 Å². The summed E-state index contributed by atoms with van der Waals surface area (Å²) >= 11 is 0. The third-order valence-corrected chi connectivity index (χ3v) is 0. The zero-order valence-corrected chi connectivity index (χ0v) is 4.47. The van der Waals surface area contributed by atoms with E-state index in [1.165, 1.54) is 0 Å². The summed E-state index contributed by atoms with van der Waals surface area (Å²) < 4.78 is 0.500. The third kappa shape index (κ3) is 2230. The minimum atomic E-state index is 0. The lowest BCUT2D eigenvalue weighted by Crippen LogP contribution is -2.41. The van der Waals surface area contributed by atoms with E-state index < -0.39 is 0 Å². The Kier molecular flexibility index (Phi) is 3.29. The lowest BCUT2D eigenvalue weighted by atomic mass is 10.9. The maximum Gasteiger partial charge on any atom is 0.0851 e. The van der Waals surface area contributed by atoms with Crippen LogP contribution in [0.2, 0.25) is 0 Å². The first-order valence-electron chi connectivity index (χ1n) is 1.60. The average molecular weight is 92.1 g/mol. The molecule has 0 rings (SSSR count). The fourth-order valence-corrected chi connectivity index (χ4v) is 0. The summed E-state index contributed by atoms with van der Waals surface area (Å²) in [7, 11) is 5.71. The van der Waals surface area contributed by atoms with Gasteiger partial charge in [0.15, 0.2) is 0 Å². The summed E-state index contributed by atoms with van der Waals surface area (Å²) in [6, 6.07) is 0. The van der Waals surface area contributed by atoms with Gasteiger partial charge in [-0.3, -0.25) is 4.59 Å². The van der Waals surface area contributed by atoms with Crippen LogP contribution in [0.25, 0.3) is 0 Å². The molecule has 3 heteroatoms. The molecular formula is C3H12N2O. The topological polar surface area (TPSA) is 56.0 Å². The normalized spacial score (nSPS) is 10.0. The van der Waals surface area contributed by atoms with Gasteiger partial charge < -0.3 is 5.48 Å². The molecule has 0 spiro atoms. The molecule has 0 unspecified atom stereocenters. The highest BCUT2D eigenvalue weighted by molar-refractivity contribution is 3.80. The molecule has 0 heterocycles. The van der Waals surface area contributed by atoms with Gasteiger partial charge in [0.2, 0.25) is 0 Å². The Morgan fingerprint density at radius 3 is 1.17 bits per heavy atom. The van der Waals surface area contributed by atoms with Crippen LogP contribution in [-0.2, 0) is 0 Å². The molecule has 0 radical (unpaired) electrons. The van der Waals surface area contributed by atoms with E-state index in [2.05, 4.69) is 0 Å². The first-order chi connectivity index (χ1) is 2.00. The van der Waals surface area contributed by atoms with E-state index >= 15 is 0 Å². The molecule has 0 aromatic heterocycles. The van der Waals surface area contributed by atoms with Crippen LogP contribution in [0.3, 0.4) is 0 Å². The second-order valence-electron chi connectivity index (χ2n) is 2.12. The first kappa shape index (κ1) is 9.30. The summed E-state index contributed by atoms with van der Waals surface area (Å²) in [5.74, 6) is 5.29. The zero-order valence-electron chi connectivity index (χ0n) is 4.47. The van der Waals surface area contributed by atoms with Crippen LogP contribution in [0.4, 0.5) is 0 Å². The predicted octanol–water partition coefficient (Wildman–Crippen LogP) is -0.610. The molecule has 0 aromatic carbocycles. The maximum atomic E-state index is 5.29. The molecule has 40 valence electrons. The van der Waals surface area contributed by atoms with Gasteiger partial charge in [0, 0.05) is 0 Å². The fourth-order valence-electron chi connectivity index (χ4n) is 0. The van der Waals surface area contributed by atoms with E-state index in [0.717, 1.165) is 0 Å². The van der Waals surface area contributed by atoms with Gasteiger partial charge in [0.1, 0.15) is 0 Å². The van der Waals surface area contributed by atoms with Gasteiger partial charge >= 0.3 is 0 Å². The SMILES string of the molecule is C[N+](C)(C)N.[OH-]. The van der Waals surface area contributed by atoms with Gasteiger partial charge in [-0.1, -0.05) is 0 Å². The first-order valence-corrected chi connectivity index (χ1v) is 1.60. The largest absolute Gasteiger partial charge is 0.870 e. The Balaban J connectivity index is 0. The number of nitrogens with zero attached hydrogens (tertiary/aromatic N) is 1. The van der Waals surface area contributed by atoms with Gasteiger partial charge in [-0.05, 0) is 0 Å². The molecule has 0 aliphatic rings. The van der Waals surface area contributed by atoms with E-state index in [4.69, 9.17) is 5.84 Å². The van der Waals surface area contributed by atoms with Gasteiger partial charge in [0.25, 0.3) is 0 Å². The molecule has 0 aliphatic carbocycles. The highest BCUT2D eigenvalue weighted by Crippen LogP contribution is 1.65. The number of hydrogen-bond donors (Lipinski definition) is 1. The van der Waals surface area contributed by atoms with Crippen molar-refractivity contribution in [2.45, 2.75) is 0 Å². The van der Waals surface area contributed by atoms with Crippen LogP contribution >= 0.6 is 0 Å². The van der Waals surface area contributed by atoms with Crippen LogP contribution in [0, 0.1) is 0 Å². The van der Waals surface area contributed by atoms with Crippen molar-refractivity contribution in [3.05, 3.63) is 0 Å². The predicted molar refractivity (Wildman–Crippen MR) is 24.2 cm³/mol. The minimum Gasteiger partial charge on any atom is -0.870 e. The average Bonchev–Trinajstić information content (AvgIpc) is 0.722. The Morgan fingerprint density at radius 1 is 1.17 bits per heavy atom. The number of hydrogen-bond acceptors (Lipinski definition) is 2. The maximum absolute atomic E-state index is 5.29. The van der Waals surface area contributed by atoms with Gasteiger partial charge in [-0.15, -0.1) is 0 Å². The van der Waals surface area contributed by atoms with Crippen molar-refractivity contribution < 1.29 is 10.1 Å². The van der Waals surface area contributed by atoms with Crippen molar-refractivity contribution in [2.75, 3.05) is 21.1 Å². The zero-order chi connectivity index (χ0) is 4.50. The number of quaternary nitrogens is 1. The molecule has 0 atom stereocenters. The van der Waals surface area contributed by atoms with Crippen molar-refractivity contribution in [1.29, 1.82) is 0 Å². The molecule has 3 nitrogen and oxygen atoms in total. The van der Waals surface area contributed by atoms with Crippen molar-refractivity contribution in [1.82, 2.24) is 0 Å². The van der Waals surface area contributed by atoms with Crippen molar-refractivity contribution >= 4 is 0 Å². The molecule has 3 N–H and O–H groups in total. The molecule has 0 aromatic rings. The third-order valence-electron chi connectivity index (χ3n) is 0. The highest BCUT2D eigenvalue weighted by Gasteiger charge is 1.89. The molecule has 0 aliphatic heterocycles. The standard InChI is InChI=1S/C3H11N2.H2O/c1-5(2,3)4;/h4H2,1-3H3;1H2/q+1;/p-1. The lowest BCUT2D eigenvalue weighted by Gasteiger charge is -2.12. The van der Waals surface area contributed by atoms with Gasteiger partial charge in [-0.2, -0.15) is 5.84 Å². The summed E-state index contributed by atoms with van der Waals surface area (Å²) in [5, 5.41) is 0. The smallest absolute Gasteiger partial charge is 0.0851 e. The van der Waals surface area contributed by atoms with Gasteiger partial charge in [-0.25, -0.2) is 0 Å². The van der Waals surface area contributed by atoms with E-state index in [-0.39, 0.29) is 5.48 Å². The van der Waals surface area contributed by atoms with Crippen molar-refractivity contribution in [3.8, 4) is 0 Å². The van der Waals surface area contributed by atoms with Crippen LogP contribution in [0.15, 0.2) is 0 Å². The molecule has 0 amide bonds. The molecule has 0 bridgehead atoms. The van der Waals surface area contributed by atoms with Crippen LogP contribution in [0.1, 0.15) is 0 Å². The quantitative estimate of drug-likeness (QED) is 0.246. The summed E-state index contributed by atoms with van der Waals surface area (Å²) in [6.45, 7) is 0. The number of rotatable bonds is 0. The van der Waals surface area contributed by atoms with Crippen molar-refractivity contribution in [3.63, 3.8) is 0 Å². The second-order valence-corrected chi connectivity index (χ2v) is 2.12. The second kappa shape index (κ2) is 2.12. The summed E-state index contributed by atoms with van der Waals surface area (Å²) in [4.78, 5) is 0. The van der Waals surface area contributed by atoms with E-state index in [1.54, 1.807) is 0 Å². The lowest BCUT2D eigenvalue weighted by molar-refractivity contribution is -0.882. The Labute approximate surface area is 38.2 Å². The van der Waals surface area contributed by atoms with Crippen LogP contribution in [-0.4, -0.2) is 31.2 Å². The highest BCUT2D eigenvalue weighted by atomic mass is 16.0.